The zero-order chi connectivity index (χ0) is 20.0. The van der Waals surface area contributed by atoms with Crippen LogP contribution in [0, 0.1) is 5.82 Å². The number of furan rings is 1. The summed E-state index contributed by atoms with van der Waals surface area (Å²) in [4.78, 5) is 12.5. The van der Waals surface area contributed by atoms with Crippen LogP contribution in [-0.2, 0) is 21.4 Å². The van der Waals surface area contributed by atoms with Gasteiger partial charge in [0.25, 0.3) is 0 Å². The van der Waals surface area contributed by atoms with Gasteiger partial charge in [-0.25, -0.2) is 17.5 Å². The van der Waals surface area contributed by atoms with Crippen molar-refractivity contribution in [2.24, 2.45) is 0 Å². The minimum absolute atomic E-state index is 0.00530. The summed E-state index contributed by atoms with van der Waals surface area (Å²) in [5.41, 5.74) is 0.333. The summed E-state index contributed by atoms with van der Waals surface area (Å²) in [6.07, 6.45) is 1.46. The van der Waals surface area contributed by atoms with Crippen molar-refractivity contribution in [2.45, 2.75) is 16.3 Å². The summed E-state index contributed by atoms with van der Waals surface area (Å²) in [6.45, 7) is 0.0190. The van der Waals surface area contributed by atoms with E-state index in [0.717, 1.165) is 11.8 Å². The van der Waals surface area contributed by atoms with Gasteiger partial charge in [0.1, 0.15) is 11.6 Å². The zero-order valence-electron chi connectivity index (χ0n) is 14.6. The molecule has 146 valence electrons. The molecule has 0 saturated heterocycles. The van der Waals surface area contributed by atoms with E-state index in [0.29, 0.717) is 16.3 Å². The van der Waals surface area contributed by atoms with E-state index in [9.17, 15) is 17.6 Å². The molecule has 2 N–H and O–H groups in total. The number of amides is 1. The van der Waals surface area contributed by atoms with Crippen LogP contribution in [0.5, 0.6) is 0 Å². The number of rotatable bonds is 8. The third-order valence-corrected chi connectivity index (χ3v) is 6.09. The monoisotopic (exact) mass is 420 g/mol. The lowest BCUT2D eigenvalue weighted by Crippen LogP contribution is -2.23. The van der Waals surface area contributed by atoms with Crippen LogP contribution in [0.1, 0.15) is 5.76 Å². The number of carbonyl (C=O) groups excluding carboxylic acids is 1. The summed E-state index contributed by atoms with van der Waals surface area (Å²) in [7, 11) is -3.77. The highest BCUT2D eigenvalue weighted by Crippen LogP contribution is 2.22. The normalized spacial score (nSPS) is 11.3. The molecule has 2 aromatic carbocycles. The van der Waals surface area contributed by atoms with Crippen molar-refractivity contribution in [3.63, 3.8) is 0 Å². The first kappa shape index (κ1) is 20.1. The predicted molar refractivity (Wildman–Crippen MR) is 105 cm³/mol. The molecule has 0 atom stereocenters. The van der Waals surface area contributed by atoms with Gasteiger partial charge in [-0.05, 0) is 42.5 Å². The Morgan fingerprint density at radius 1 is 1.07 bits per heavy atom. The fraction of sp³-hybridized carbons (Fsp3) is 0.105. The van der Waals surface area contributed by atoms with Crippen molar-refractivity contribution in [2.75, 3.05) is 11.1 Å². The molecule has 3 aromatic rings. The molecule has 1 amide bonds. The van der Waals surface area contributed by atoms with Gasteiger partial charge < -0.3 is 9.73 Å². The molecule has 0 saturated carbocycles. The molecule has 0 aliphatic heterocycles. The Hall–Kier alpha value is -2.62. The van der Waals surface area contributed by atoms with Crippen LogP contribution in [0.4, 0.5) is 10.1 Å². The number of anilines is 1. The lowest BCUT2D eigenvalue weighted by molar-refractivity contribution is -0.113. The van der Waals surface area contributed by atoms with E-state index in [2.05, 4.69) is 10.0 Å². The van der Waals surface area contributed by atoms with Gasteiger partial charge in [-0.3, -0.25) is 4.79 Å². The summed E-state index contributed by atoms with van der Waals surface area (Å²) >= 11 is 1.06. The number of sulfonamides is 1. The van der Waals surface area contributed by atoms with Crippen LogP contribution in [0.2, 0.25) is 0 Å². The van der Waals surface area contributed by atoms with Crippen molar-refractivity contribution < 1.29 is 22.0 Å². The average Bonchev–Trinajstić information content (AvgIpc) is 3.20. The Morgan fingerprint density at radius 2 is 1.89 bits per heavy atom. The van der Waals surface area contributed by atoms with Gasteiger partial charge >= 0.3 is 0 Å². The van der Waals surface area contributed by atoms with E-state index in [1.807, 2.05) is 0 Å². The molecular weight excluding hydrogens is 403 g/mol. The molecule has 6 nitrogen and oxygen atoms in total. The summed E-state index contributed by atoms with van der Waals surface area (Å²) in [5, 5.41) is 2.62. The first-order valence-electron chi connectivity index (χ1n) is 8.23. The molecule has 3 rings (SSSR count). The van der Waals surface area contributed by atoms with E-state index in [-0.39, 0.29) is 23.1 Å². The molecule has 0 radical (unpaired) electrons. The smallest absolute Gasteiger partial charge is 0.241 e. The van der Waals surface area contributed by atoms with Gasteiger partial charge in [0, 0.05) is 10.6 Å². The van der Waals surface area contributed by atoms with Crippen molar-refractivity contribution in [1.82, 2.24) is 4.72 Å². The van der Waals surface area contributed by atoms with Gasteiger partial charge in [0.2, 0.25) is 15.9 Å². The van der Waals surface area contributed by atoms with Gasteiger partial charge in [0.05, 0.1) is 23.5 Å². The lowest BCUT2D eigenvalue weighted by Gasteiger charge is -2.09. The highest BCUT2D eigenvalue weighted by atomic mass is 32.2. The van der Waals surface area contributed by atoms with Crippen molar-refractivity contribution in [3.8, 4) is 0 Å². The highest BCUT2D eigenvalue weighted by molar-refractivity contribution is 8.00. The maximum Gasteiger partial charge on any atom is 0.241 e. The molecule has 9 heteroatoms. The second-order valence-corrected chi connectivity index (χ2v) is 8.48. The van der Waals surface area contributed by atoms with Gasteiger partial charge in [-0.2, -0.15) is 0 Å². The number of carbonyl (C=O) groups is 1. The van der Waals surface area contributed by atoms with Gasteiger partial charge in [0.15, 0.2) is 0 Å². The van der Waals surface area contributed by atoms with Crippen LogP contribution in [0.25, 0.3) is 0 Å². The number of benzene rings is 2. The highest BCUT2D eigenvalue weighted by Gasteiger charge is 2.15. The minimum Gasteiger partial charge on any atom is -0.468 e. The van der Waals surface area contributed by atoms with Crippen LogP contribution < -0.4 is 10.0 Å². The van der Waals surface area contributed by atoms with E-state index in [1.165, 1.54) is 30.5 Å². The van der Waals surface area contributed by atoms with E-state index in [1.54, 1.807) is 36.4 Å². The summed E-state index contributed by atoms with van der Waals surface area (Å²) in [5.74, 6) is -0.283. The van der Waals surface area contributed by atoms with Crippen LogP contribution >= 0.6 is 11.8 Å². The van der Waals surface area contributed by atoms with Crippen molar-refractivity contribution in [3.05, 3.63) is 78.5 Å². The molecule has 1 aromatic heterocycles. The number of hydrogen-bond donors (Lipinski definition) is 2. The number of hydrogen-bond acceptors (Lipinski definition) is 5. The quantitative estimate of drug-likeness (QED) is 0.544. The lowest BCUT2D eigenvalue weighted by atomic mass is 10.3. The third kappa shape index (κ3) is 5.44. The Morgan fingerprint density at radius 3 is 2.64 bits per heavy atom. The minimum atomic E-state index is -3.77. The molecule has 0 bridgehead atoms. The average molecular weight is 420 g/mol. The first-order chi connectivity index (χ1) is 13.4. The van der Waals surface area contributed by atoms with E-state index < -0.39 is 15.8 Å². The maximum atomic E-state index is 13.6. The van der Waals surface area contributed by atoms with Crippen LogP contribution in [0.3, 0.4) is 0 Å². The second-order valence-electron chi connectivity index (χ2n) is 5.70. The molecule has 0 fully saturated rings. The molecule has 0 unspecified atom stereocenters. The molecule has 28 heavy (non-hydrogen) atoms. The fourth-order valence-electron chi connectivity index (χ4n) is 2.31. The van der Waals surface area contributed by atoms with E-state index in [4.69, 9.17) is 4.42 Å². The molecule has 0 spiro atoms. The van der Waals surface area contributed by atoms with Crippen LogP contribution in [0.15, 0.2) is 81.1 Å². The second kappa shape index (κ2) is 9.05. The van der Waals surface area contributed by atoms with Crippen LogP contribution in [-0.4, -0.2) is 20.1 Å². The maximum absolute atomic E-state index is 13.6. The SMILES string of the molecule is O=C(CSc1ccccc1F)Nc1cccc(S(=O)(=O)NCc2ccco2)c1. The number of thioether (sulfide) groups is 1. The predicted octanol–water partition coefficient (Wildman–Crippen LogP) is 3.63. The Bertz CT molecular complexity index is 1050. The molecule has 0 aliphatic carbocycles. The largest absolute Gasteiger partial charge is 0.468 e. The van der Waals surface area contributed by atoms with Gasteiger partial charge in [-0.1, -0.05) is 18.2 Å². The molecule has 1 heterocycles. The van der Waals surface area contributed by atoms with E-state index >= 15 is 0 Å². The molecule has 0 aliphatic rings. The number of nitrogens with one attached hydrogen (secondary N) is 2. The standard InChI is InChI=1S/C19H17FN2O4S2/c20-17-8-1-2-9-18(17)27-13-19(23)22-14-5-3-7-16(11-14)28(24,25)21-12-15-6-4-10-26-15/h1-11,21H,12-13H2,(H,22,23). The van der Waals surface area contributed by atoms with Gasteiger partial charge in [-0.15, -0.1) is 11.8 Å². The Balaban J connectivity index is 1.60. The summed E-state index contributed by atoms with van der Waals surface area (Å²) < 4.78 is 45.9. The fourth-order valence-corrected chi connectivity index (χ4v) is 4.08. The first-order valence-corrected chi connectivity index (χ1v) is 10.7. The zero-order valence-corrected chi connectivity index (χ0v) is 16.2. The van der Waals surface area contributed by atoms with Crippen molar-refractivity contribution in [1.29, 1.82) is 0 Å². The topological polar surface area (TPSA) is 88.4 Å². The Labute approximate surface area is 166 Å². The Kier molecular flexibility index (Phi) is 6.50. The molecular formula is C19H17FN2O4S2. The summed E-state index contributed by atoms with van der Waals surface area (Å²) in [6, 6.07) is 15.4. The third-order valence-electron chi connectivity index (χ3n) is 3.64. The van der Waals surface area contributed by atoms with Crippen molar-refractivity contribution >= 4 is 33.4 Å². The number of halogens is 1.